The minimum absolute atomic E-state index is 0. The first-order valence-electron chi connectivity index (χ1n) is 46.8. The van der Waals surface area contributed by atoms with Gasteiger partial charge in [-0.3, -0.25) is 24.0 Å². The highest BCUT2D eigenvalue weighted by Crippen LogP contribution is 2.75. The Morgan fingerprint density at radius 3 is 1.34 bits per heavy atom. The molecule has 12 unspecified atom stereocenters. The van der Waals surface area contributed by atoms with E-state index in [0.29, 0.717) is 52.3 Å². The standard InChI is InChI=1S/C23H42O3.2C21H36O2.C19H34O2.C15H26O2.10CH4/c1-7-21(3,4)20(24)26-16-23(25,8-2)18-14-13-17-12-10-9-11-15-22(5,6)19(17)18;1-8-18(3,4)17(22)23-20(7)11-12-21-13-16(20)19(5,6)15(21)10-9-14(21)2;1-8-19(3,4)18(22)23-21(7)12-11-15-17(20(15,5)6)16-13(2)9-10-14(16)21;1-5-7-8-9-18-10-13-19(14-11-18,15-12-18)21-16(20)17(3,4)6-2;1-4-15(2,3)14(16)17-13-11-7-5-8-12(13)10-6-9-11;;;;;;;;;;/h17-19,25H,7-16H2,1-6H3;14-16H,8-13H2,1-7H3;13-17H,8-12H2,1-7H3;5-15H2,1-4H3;11-13H,4-10H2,1-3H3;10*1H4/t;14?,15?,16-,20-,21+;;;;;;;;;;;;;/m.1............./s1. The number of unbranched alkanes of at least 4 members (excludes halogenated alkanes) is 2. The summed E-state index contributed by atoms with van der Waals surface area (Å²) < 4.78 is 30.1. The molecule has 120 heavy (non-hydrogen) atoms. The topological polar surface area (TPSA) is 152 Å². The average Bonchev–Trinajstić information content (AvgIpc) is 1.53. The van der Waals surface area contributed by atoms with Crippen LogP contribution in [0.5, 0.6) is 0 Å². The maximum atomic E-state index is 12.7. The van der Waals surface area contributed by atoms with E-state index in [1.54, 1.807) is 0 Å². The molecule has 0 aromatic rings. The zero-order valence-corrected chi connectivity index (χ0v) is 76.7. The minimum Gasteiger partial charge on any atom is -0.462 e. The first-order chi connectivity index (χ1) is 51.0. The van der Waals surface area contributed by atoms with E-state index in [4.69, 9.17) is 23.7 Å². The minimum atomic E-state index is -0.893. The lowest BCUT2D eigenvalue weighted by Crippen LogP contribution is -2.50. The van der Waals surface area contributed by atoms with Crippen LogP contribution in [0, 0.1) is 131 Å². The van der Waals surface area contributed by atoms with E-state index in [-0.39, 0.29) is 172 Å². The molecule has 0 heterocycles. The third kappa shape index (κ3) is 25.9. The van der Waals surface area contributed by atoms with Gasteiger partial charge >= 0.3 is 29.8 Å². The number of carbonyl (C=O) groups excluding carboxylic acids is 5. The molecule has 11 nitrogen and oxygen atoms in total. The molecule has 13 aliphatic rings. The van der Waals surface area contributed by atoms with Gasteiger partial charge < -0.3 is 28.8 Å². The molecule has 6 bridgehead atoms. The second-order valence-electron chi connectivity index (χ2n) is 45.5. The van der Waals surface area contributed by atoms with Crippen molar-refractivity contribution in [3.05, 3.63) is 0 Å². The van der Waals surface area contributed by atoms with E-state index < -0.39 is 11.0 Å². The molecular weight excluding hydrogens is 1490 g/mol. The summed E-state index contributed by atoms with van der Waals surface area (Å²) in [5.41, 5.74) is -1.23. The Kier molecular flexibility index (Phi) is 47.1. The molecular formula is C109H214O11. The van der Waals surface area contributed by atoms with Crippen LogP contribution < -0.4 is 0 Å². The van der Waals surface area contributed by atoms with Crippen LogP contribution in [0.2, 0.25) is 0 Å². The van der Waals surface area contributed by atoms with Crippen LogP contribution in [-0.4, -0.2) is 70.1 Å². The summed E-state index contributed by atoms with van der Waals surface area (Å²) in [4.78, 5) is 62.5. The molecule has 0 aromatic heterocycles. The van der Waals surface area contributed by atoms with E-state index in [0.717, 1.165) is 112 Å². The van der Waals surface area contributed by atoms with Crippen LogP contribution in [0.3, 0.4) is 0 Å². The van der Waals surface area contributed by atoms with Crippen molar-refractivity contribution >= 4 is 29.8 Å². The van der Waals surface area contributed by atoms with Crippen molar-refractivity contribution in [1.29, 1.82) is 0 Å². The van der Waals surface area contributed by atoms with Gasteiger partial charge in [0.1, 0.15) is 35.1 Å². The molecule has 13 aliphatic carbocycles. The van der Waals surface area contributed by atoms with Gasteiger partial charge in [0.2, 0.25) is 0 Å². The van der Waals surface area contributed by atoms with Crippen LogP contribution >= 0.6 is 0 Å². The van der Waals surface area contributed by atoms with Gasteiger partial charge in [0.15, 0.2) is 0 Å². The summed E-state index contributed by atoms with van der Waals surface area (Å²) in [6.45, 7) is 58.6. The fourth-order valence-electron chi connectivity index (χ4n) is 25.1. The molecule has 13 fully saturated rings. The van der Waals surface area contributed by atoms with Gasteiger partial charge in [-0.2, -0.15) is 0 Å². The molecule has 13 saturated carbocycles. The number of hydrogen-bond donors (Lipinski definition) is 1. The Bertz CT molecular complexity index is 2980. The summed E-state index contributed by atoms with van der Waals surface area (Å²) in [5, 5.41) is 11.6. The smallest absolute Gasteiger partial charge is 0.312 e. The summed E-state index contributed by atoms with van der Waals surface area (Å²) in [5.74, 6) is 8.60. The van der Waals surface area contributed by atoms with Crippen LogP contribution in [0.25, 0.3) is 0 Å². The molecule has 0 aliphatic heterocycles. The fraction of sp³-hybridized carbons (Fsp3) is 0.954. The predicted octanol–water partition coefficient (Wildman–Crippen LogP) is 32.7. The molecule has 716 valence electrons. The lowest BCUT2D eigenvalue weighted by atomic mass is 9.57. The normalized spacial score (nSPS) is 34.4. The number of esters is 5. The molecule has 11 heteroatoms. The molecule has 1 N–H and O–H groups in total. The second-order valence-corrected chi connectivity index (χ2v) is 45.5. The highest BCUT2D eigenvalue weighted by molar-refractivity contribution is 5.78. The molecule has 0 aromatic carbocycles. The highest BCUT2D eigenvalue weighted by Gasteiger charge is 2.70. The third-order valence-electron chi connectivity index (χ3n) is 35.7. The Labute approximate surface area is 749 Å². The Balaban J connectivity index is -0.00000140. The van der Waals surface area contributed by atoms with E-state index in [2.05, 4.69) is 104 Å². The average molecular weight is 1700 g/mol. The zero-order valence-electron chi connectivity index (χ0n) is 76.7. The summed E-state index contributed by atoms with van der Waals surface area (Å²) in [6, 6.07) is 0. The van der Waals surface area contributed by atoms with E-state index in [9.17, 15) is 29.1 Å². The van der Waals surface area contributed by atoms with Gasteiger partial charge in [-0.1, -0.05) is 242 Å². The quantitative estimate of drug-likeness (QED) is 0.0626. The Morgan fingerprint density at radius 1 is 0.392 bits per heavy atom. The monoisotopic (exact) mass is 1700 g/mol. The van der Waals surface area contributed by atoms with Gasteiger partial charge in [-0.15, -0.1) is 0 Å². The van der Waals surface area contributed by atoms with Crippen LogP contribution in [0.1, 0.15) is 505 Å². The first-order valence-corrected chi connectivity index (χ1v) is 46.8. The van der Waals surface area contributed by atoms with Crippen molar-refractivity contribution < 1.29 is 52.8 Å². The second kappa shape index (κ2) is 46.5. The third-order valence-corrected chi connectivity index (χ3v) is 35.7. The first kappa shape index (κ1) is 121. The van der Waals surface area contributed by atoms with Gasteiger partial charge in [0.05, 0.1) is 27.1 Å². The molecule has 13 rings (SSSR count). The number of rotatable bonds is 22. The summed E-state index contributed by atoms with van der Waals surface area (Å²) in [7, 11) is 0. The van der Waals surface area contributed by atoms with Crippen molar-refractivity contribution in [2.45, 2.75) is 534 Å². The zero-order chi connectivity index (χ0) is 82.1. The van der Waals surface area contributed by atoms with E-state index in [1.165, 1.54) is 167 Å². The number of carbonyl (C=O) groups is 5. The number of ether oxygens (including phenoxy) is 5. The van der Waals surface area contributed by atoms with Crippen molar-refractivity contribution in [1.82, 2.24) is 0 Å². The number of hydrogen-bond acceptors (Lipinski definition) is 11. The maximum Gasteiger partial charge on any atom is 0.312 e. The van der Waals surface area contributed by atoms with Gasteiger partial charge in [-0.25, -0.2) is 0 Å². The number of aliphatic hydroxyl groups is 1. The van der Waals surface area contributed by atoms with Gasteiger partial charge in [0, 0.05) is 11.8 Å². The number of fused-ring (bicyclic) bond motifs is 10. The Morgan fingerprint density at radius 2 is 0.858 bits per heavy atom. The summed E-state index contributed by atoms with van der Waals surface area (Å²) >= 11 is 0. The van der Waals surface area contributed by atoms with E-state index >= 15 is 0 Å². The fourth-order valence-corrected chi connectivity index (χ4v) is 25.1. The highest BCUT2D eigenvalue weighted by atomic mass is 16.6. The maximum absolute atomic E-state index is 12.7. The molecule has 0 amide bonds. The lowest BCUT2D eigenvalue weighted by Gasteiger charge is -2.53. The lowest BCUT2D eigenvalue weighted by molar-refractivity contribution is -0.188. The van der Waals surface area contributed by atoms with Gasteiger partial charge in [-0.05, 0) is 355 Å². The van der Waals surface area contributed by atoms with Crippen molar-refractivity contribution in [2.24, 2.45) is 131 Å². The molecule has 1 spiro atoms. The SMILES string of the molecule is C.C.C.C.C.C.C.C.C.C.CCC(C)(C)C(=O)OC1(C)CCC2C(C3C(C)CCC31)C2(C)C.CCC(C)(C)C(=O)OC1C2CCCC1CCC2.CCC(C)(C)C(=O)OCC(O)(CC)C1CCC2CCCCCC(C)(C)C21.CCC(C)(C)C(=O)O[C@]1(C)CC[C@@]23C[C@@H]1C(C)(C)C2CCC3C.CCCCCC12CCC(OC(=O)C(C)(C)CC)(CC1)CC2. The summed E-state index contributed by atoms with van der Waals surface area (Å²) in [6.07, 6.45) is 45.3. The van der Waals surface area contributed by atoms with Crippen molar-refractivity contribution in [3.63, 3.8) is 0 Å². The predicted molar refractivity (Wildman–Crippen MR) is 518 cm³/mol. The van der Waals surface area contributed by atoms with Crippen molar-refractivity contribution in [3.8, 4) is 0 Å². The molecule has 0 radical (unpaired) electrons. The molecule has 0 saturated heterocycles. The van der Waals surface area contributed by atoms with E-state index in [1.807, 2.05) is 83.1 Å². The Hall–Kier alpha value is -2.69. The van der Waals surface area contributed by atoms with Crippen molar-refractivity contribution in [2.75, 3.05) is 6.61 Å². The van der Waals surface area contributed by atoms with Crippen LogP contribution in [0.15, 0.2) is 0 Å². The molecule has 15 atom stereocenters. The van der Waals surface area contributed by atoms with Crippen LogP contribution in [-0.2, 0) is 47.7 Å². The van der Waals surface area contributed by atoms with Gasteiger partial charge in [0.25, 0.3) is 0 Å². The van der Waals surface area contributed by atoms with Crippen LogP contribution in [0.4, 0.5) is 0 Å². The largest absolute Gasteiger partial charge is 0.462 e.